The fourth-order valence-corrected chi connectivity index (χ4v) is 4.03. The normalized spacial score (nSPS) is 18.0. The molecule has 0 unspecified atom stereocenters. The molecule has 1 N–H and O–H groups in total. The zero-order valence-corrected chi connectivity index (χ0v) is 14.8. The van der Waals surface area contributed by atoms with Crippen molar-refractivity contribution in [2.75, 3.05) is 12.0 Å². The van der Waals surface area contributed by atoms with Crippen molar-refractivity contribution >= 4 is 41.1 Å². The van der Waals surface area contributed by atoms with Crippen molar-refractivity contribution in [3.8, 4) is 0 Å². The molecule has 0 bridgehead atoms. The second-order valence-corrected chi connectivity index (χ2v) is 7.27. The van der Waals surface area contributed by atoms with Crippen molar-refractivity contribution in [2.45, 2.75) is 16.6 Å². The van der Waals surface area contributed by atoms with Gasteiger partial charge < -0.3 is 10.1 Å². The van der Waals surface area contributed by atoms with Gasteiger partial charge in [-0.2, -0.15) is 0 Å². The van der Waals surface area contributed by atoms with Gasteiger partial charge in [0.05, 0.1) is 28.5 Å². The Morgan fingerprint density at radius 2 is 1.63 bits per heavy atom. The third-order valence-electron chi connectivity index (χ3n) is 4.29. The molecular weight excluding hydrogens is 368 g/mol. The summed E-state index contributed by atoms with van der Waals surface area (Å²) in [4.78, 5) is 50.5. The molecule has 2 aliphatic rings. The van der Waals surface area contributed by atoms with Crippen molar-refractivity contribution in [3.05, 3.63) is 59.7 Å². The maximum atomic E-state index is 12.2. The smallest absolute Gasteiger partial charge is 0.309 e. The number of benzene rings is 2. The van der Waals surface area contributed by atoms with E-state index in [1.807, 2.05) is 18.2 Å². The van der Waals surface area contributed by atoms with E-state index in [1.54, 1.807) is 30.3 Å². The Kier molecular flexibility index (Phi) is 4.41. The Hall–Kier alpha value is -3.13. The highest BCUT2D eigenvalue weighted by Gasteiger charge is 2.36. The minimum Gasteiger partial charge on any atom is -0.444 e. The SMILES string of the molecule is O=C(C[C@@H]1Sc2ccccc2NC1=O)OCN1C(=O)c2ccccc2C1=O. The lowest BCUT2D eigenvalue weighted by Gasteiger charge is -2.23. The monoisotopic (exact) mass is 382 g/mol. The fraction of sp³-hybridized carbons (Fsp3) is 0.158. The van der Waals surface area contributed by atoms with Crippen LogP contribution in [0.15, 0.2) is 53.4 Å². The molecule has 7 nitrogen and oxygen atoms in total. The number of anilines is 1. The third-order valence-corrected chi connectivity index (χ3v) is 5.57. The molecule has 0 saturated heterocycles. The van der Waals surface area contributed by atoms with Gasteiger partial charge in [-0.05, 0) is 24.3 Å². The number of carbonyl (C=O) groups excluding carboxylic acids is 4. The van der Waals surface area contributed by atoms with E-state index >= 15 is 0 Å². The lowest BCUT2D eigenvalue weighted by molar-refractivity contribution is -0.147. The maximum absolute atomic E-state index is 12.2. The van der Waals surface area contributed by atoms with Crippen LogP contribution in [-0.2, 0) is 14.3 Å². The van der Waals surface area contributed by atoms with Crippen LogP contribution in [0.25, 0.3) is 0 Å². The number of nitrogens with one attached hydrogen (secondary N) is 1. The molecule has 27 heavy (non-hydrogen) atoms. The van der Waals surface area contributed by atoms with E-state index < -0.39 is 29.8 Å². The van der Waals surface area contributed by atoms with Crippen molar-refractivity contribution in [1.29, 1.82) is 0 Å². The molecule has 1 atom stereocenters. The summed E-state index contributed by atoms with van der Waals surface area (Å²) in [6.07, 6.45) is -0.159. The lowest BCUT2D eigenvalue weighted by atomic mass is 10.1. The number of ether oxygens (including phenoxy) is 1. The number of nitrogens with zero attached hydrogens (tertiary/aromatic N) is 1. The molecule has 0 saturated carbocycles. The number of imide groups is 1. The van der Waals surface area contributed by atoms with Gasteiger partial charge in [-0.25, -0.2) is 4.90 Å². The summed E-state index contributed by atoms with van der Waals surface area (Å²) < 4.78 is 5.09. The second kappa shape index (κ2) is 6.88. The van der Waals surface area contributed by atoms with Crippen LogP contribution in [0.3, 0.4) is 0 Å². The molecular formula is C19H14N2O5S. The van der Waals surface area contributed by atoms with Gasteiger partial charge in [0, 0.05) is 4.90 Å². The van der Waals surface area contributed by atoms with Crippen LogP contribution >= 0.6 is 11.8 Å². The Labute approximate surface area is 158 Å². The summed E-state index contributed by atoms with van der Waals surface area (Å²) in [5, 5.41) is 2.12. The van der Waals surface area contributed by atoms with Gasteiger partial charge >= 0.3 is 5.97 Å². The summed E-state index contributed by atoms with van der Waals surface area (Å²) in [6.45, 7) is -0.471. The van der Waals surface area contributed by atoms with Crippen LogP contribution in [0.2, 0.25) is 0 Å². The van der Waals surface area contributed by atoms with Gasteiger partial charge in [0.15, 0.2) is 6.73 Å². The number of amides is 3. The first-order chi connectivity index (χ1) is 13.0. The van der Waals surface area contributed by atoms with Gasteiger partial charge in [-0.3, -0.25) is 19.2 Å². The Morgan fingerprint density at radius 1 is 1.00 bits per heavy atom. The van der Waals surface area contributed by atoms with Crippen molar-refractivity contribution in [2.24, 2.45) is 0 Å². The van der Waals surface area contributed by atoms with E-state index in [2.05, 4.69) is 5.32 Å². The van der Waals surface area contributed by atoms with Gasteiger partial charge in [0.25, 0.3) is 11.8 Å². The number of thioether (sulfide) groups is 1. The quantitative estimate of drug-likeness (QED) is 0.644. The topological polar surface area (TPSA) is 92.8 Å². The van der Waals surface area contributed by atoms with E-state index in [9.17, 15) is 19.2 Å². The van der Waals surface area contributed by atoms with Crippen LogP contribution in [-0.4, -0.2) is 40.6 Å². The van der Waals surface area contributed by atoms with E-state index in [0.717, 1.165) is 9.80 Å². The van der Waals surface area contributed by atoms with Crippen LogP contribution in [0.4, 0.5) is 5.69 Å². The highest BCUT2D eigenvalue weighted by molar-refractivity contribution is 8.01. The van der Waals surface area contributed by atoms with Gasteiger partial charge in [0.1, 0.15) is 0 Å². The molecule has 136 valence electrons. The average molecular weight is 382 g/mol. The first-order valence-electron chi connectivity index (χ1n) is 8.22. The van der Waals surface area contributed by atoms with E-state index in [4.69, 9.17) is 4.74 Å². The summed E-state index contributed by atoms with van der Waals surface area (Å²) in [5.41, 5.74) is 1.29. The molecule has 0 aromatic heterocycles. The van der Waals surface area contributed by atoms with Crippen LogP contribution in [0.1, 0.15) is 27.1 Å². The first kappa shape index (κ1) is 17.3. The van der Waals surface area contributed by atoms with Crippen molar-refractivity contribution in [3.63, 3.8) is 0 Å². The van der Waals surface area contributed by atoms with Crippen LogP contribution < -0.4 is 5.32 Å². The molecule has 0 aliphatic carbocycles. The number of esters is 1. The molecule has 3 amide bonds. The molecule has 2 aromatic carbocycles. The minimum atomic E-state index is -0.654. The minimum absolute atomic E-state index is 0.159. The summed E-state index contributed by atoms with van der Waals surface area (Å²) in [7, 11) is 0. The fourth-order valence-electron chi connectivity index (χ4n) is 2.93. The van der Waals surface area contributed by atoms with Crippen LogP contribution in [0, 0.1) is 0 Å². The number of carbonyl (C=O) groups is 4. The molecule has 0 spiro atoms. The molecule has 2 aromatic rings. The molecule has 0 radical (unpaired) electrons. The molecule has 0 fully saturated rings. The zero-order chi connectivity index (χ0) is 19.0. The molecule has 4 rings (SSSR count). The van der Waals surface area contributed by atoms with Gasteiger partial charge in [-0.15, -0.1) is 11.8 Å². The Bertz CT molecular complexity index is 939. The van der Waals surface area contributed by atoms with Crippen molar-refractivity contribution in [1.82, 2.24) is 4.90 Å². The maximum Gasteiger partial charge on any atom is 0.309 e. The van der Waals surface area contributed by atoms with E-state index in [0.29, 0.717) is 5.69 Å². The number of para-hydroxylation sites is 1. The van der Waals surface area contributed by atoms with E-state index in [-0.39, 0.29) is 23.5 Å². The third kappa shape index (κ3) is 3.19. The second-order valence-electron chi connectivity index (χ2n) is 6.03. The molecule has 2 aliphatic heterocycles. The van der Waals surface area contributed by atoms with Crippen LogP contribution in [0.5, 0.6) is 0 Å². The highest BCUT2D eigenvalue weighted by atomic mass is 32.2. The Balaban J connectivity index is 1.37. The largest absolute Gasteiger partial charge is 0.444 e. The van der Waals surface area contributed by atoms with Gasteiger partial charge in [-0.1, -0.05) is 24.3 Å². The number of hydrogen-bond donors (Lipinski definition) is 1. The Morgan fingerprint density at radius 3 is 2.33 bits per heavy atom. The number of rotatable bonds is 4. The lowest BCUT2D eigenvalue weighted by Crippen LogP contribution is -2.35. The predicted octanol–water partition coefficient (Wildman–Crippen LogP) is 2.29. The molecule has 8 heteroatoms. The number of hydrogen-bond acceptors (Lipinski definition) is 6. The van der Waals surface area contributed by atoms with Gasteiger partial charge in [0.2, 0.25) is 5.91 Å². The summed E-state index contributed by atoms with van der Waals surface area (Å²) in [5.74, 6) is -1.93. The predicted molar refractivity (Wildman–Crippen MR) is 97.2 cm³/mol. The average Bonchev–Trinajstić information content (AvgIpc) is 2.91. The highest BCUT2D eigenvalue weighted by Crippen LogP contribution is 2.36. The van der Waals surface area contributed by atoms with E-state index in [1.165, 1.54) is 11.8 Å². The summed E-state index contributed by atoms with van der Waals surface area (Å²) >= 11 is 1.28. The molecule has 2 heterocycles. The zero-order valence-electron chi connectivity index (χ0n) is 14.0. The standard InChI is InChI=1S/C19H14N2O5S/c22-16(9-15-17(23)20-13-7-3-4-8-14(13)27-15)26-10-21-18(24)11-5-1-2-6-12(11)19(21)25/h1-8,15H,9-10H2,(H,20,23)/t15-/m0/s1. The summed E-state index contributed by atoms with van der Waals surface area (Å²) in [6, 6.07) is 13.7. The number of fused-ring (bicyclic) bond motifs is 2. The first-order valence-corrected chi connectivity index (χ1v) is 9.10. The van der Waals surface area contributed by atoms with Crippen molar-refractivity contribution < 1.29 is 23.9 Å².